The number of likely N-dealkylation sites (tertiary alicyclic amines) is 1. The fourth-order valence-corrected chi connectivity index (χ4v) is 8.14. The van der Waals surface area contributed by atoms with Gasteiger partial charge in [-0.1, -0.05) is 47.1 Å². The first-order valence-electron chi connectivity index (χ1n) is 18.2. The maximum Gasteiger partial charge on any atom is 0.318 e. The van der Waals surface area contributed by atoms with Gasteiger partial charge < -0.3 is 23.8 Å². The summed E-state index contributed by atoms with van der Waals surface area (Å²) in [5.41, 5.74) is 0.506. The van der Waals surface area contributed by atoms with Gasteiger partial charge in [0.05, 0.1) is 31.1 Å². The largest absolute Gasteiger partial charge is 0.467 e. The van der Waals surface area contributed by atoms with Crippen molar-refractivity contribution in [2.45, 2.75) is 56.3 Å². The third-order valence-electron chi connectivity index (χ3n) is 10.9. The van der Waals surface area contributed by atoms with Crippen LogP contribution in [-0.4, -0.2) is 113 Å². The van der Waals surface area contributed by atoms with Crippen molar-refractivity contribution in [2.75, 3.05) is 58.5 Å². The molecule has 0 spiro atoms. The molecule has 15 heteroatoms. The third kappa shape index (κ3) is 6.86. The predicted octanol–water partition coefficient (Wildman–Crippen LogP) is 6.26. The molecule has 5 aromatic rings. The number of hydrogen-bond acceptors (Lipinski definition) is 11. The number of alkyl halides is 1. The van der Waals surface area contributed by atoms with Crippen molar-refractivity contribution in [1.29, 1.82) is 0 Å². The quantitative estimate of drug-likeness (QED) is 0.175. The van der Waals surface area contributed by atoms with Gasteiger partial charge in [-0.2, -0.15) is 15.0 Å². The van der Waals surface area contributed by atoms with Gasteiger partial charge in [0.1, 0.15) is 23.2 Å². The van der Waals surface area contributed by atoms with E-state index in [0.29, 0.717) is 78.3 Å². The van der Waals surface area contributed by atoms with E-state index >= 15 is 4.39 Å². The second-order valence-corrected chi connectivity index (χ2v) is 15.1. The Balaban J connectivity index is 0.000000399. The van der Waals surface area contributed by atoms with Crippen molar-refractivity contribution in [3.8, 4) is 17.3 Å². The fraction of sp³-hybridized carbons (Fsp3) is 0.436. The number of methoxy groups -OCH3 is 1. The zero-order chi connectivity index (χ0) is 37.6. The number of carbonyl (C=O) groups is 1. The number of fused-ring (bicyclic) bond motifs is 3. The summed E-state index contributed by atoms with van der Waals surface area (Å²) in [6.07, 6.45) is 8.02. The topological polar surface area (TPSA) is 123 Å². The molecule has 7 heterocycles. The van der Waals surface area contributed by atoms with Crippen LogP contribution in [0.4, 0.5) is 14.6 Å². The number of anilines is 1. The highest BCUT2D eigenvalue weighted by Gasteiger charge is 2.40. The maximum absolute atomic E-state index is 16.3. The Morgan fingerprint density at radius 2 is 1.93 bits per heavy atom. The minimum absolute atomic E-state index is 0.0199. The minimum atomic E-state index is -0.605. The molecule has 4 aliphatic heterocycles. The molecule has 4 saturated heterocycles. The number of amides is 1. The summed E-state index contributed by atoms with van der Waals surface area (Å²) in [6, 6.07) is 11.6. The van der Waals surface area contributed by atoms with Gasteiger partial charge in [-0.15, -0.1) is 0 Å². The zero-order valence-electron chi connectivity index (χ0n) is 30.3. The summed E-state index contributed by atoms with van der Waals surface area (Å²) >= 11 is 6.53. The van der Waals surface area contributed by atoms with E-state index in [4.69, 9.17) is 25.6 Å². The molecule has 9 rings (SSSR count). The number of halogens is 3. The fourth-order valence-electron chi connectivity index (χ4n) is 7.85. The molecule has 0 bridgehead atoms. The summed E-state index contributed by atoms with van der Waals surface area (Å²) in [5.74, 6) is 0.493. The Hall–Kier alpha value is -4.79. The van der Waals surface area contributed by atoms with Gasteiger partial charge in [0.25, 0.3) is 5.89 Å². The Labute approximate surface area is 316 Å². The van der Waals surface area contributed by atoms with E-state index in [0.717, 1.165) is 18.4 Å². The number of rotatable bonds is 7. The number of aromatic nitrogens is 5. The number of ether oxygens (including phenoxy) is 2. The molecule has 0 N–H and O–H groups in total. The van der Waals surface area contributed by atoms with E-state index in [1.165, 1.54) is 32.1 Å². The van der Waals surface area contributed by atoms with E-state index in [1.807, 2.05) is 43.1 Å². The molecule has 0 aliphatic carbocycles. The van der Waals surface area contributed by atoms with Crippen LogP contribution in [0.15, 0.2) is 53.2 Å². The van der Waals surface area contributed by atoms with Gasteiger partial charge in [0.2, 0.25) is 5.91 Å². The highest BCUT2D eigenvalue weighted by atomic mass is 35.5. The number of pyridine rings is 1. The number of hydrogen-bond donors (Lipinski definition) is 0. The first kappa shape index (κ1) is 36.2. The summed E-state index contributed by atoms with van der Waals surface area (Å²) in [5, 5.41) is 6.53. The summed E-state index contributed by atoms with van der Waals surface area (Å²) in [6.45, 7) is 5.89. The highest BCUT2D eigenvalue weighted by Crippen LogP contribution is 2.38. The first-order chi connectivity index (χ1) is 26.1. The van der Waals surface area contributed by atoms with Crippen LogP contribution >= 0.6 is 11.6 Å². The van der Waals surface area contributed by atoms with Crippen LogP contribution in [0.1, 0.15) is 44.3 Å². The highest BCUT2D eigenvalue weighted by molar-refractivity contribution is 6.36. The third-order valence-corrected chi connectivity index (χ3v) is 11.3. The molecule has 12 nitrogen and oxygen atoms in total. The lowest BCUT2D eigenvalue weighted by atomic mass is 9.88. The molecule has 2 aromatic carbocycles. The second kappa shape index (κ2) is 14.8. The van der Waals surface area contributed by atoms with Crippen LogP contribution in [0, 0.1) is 5.82 Å². The van der Waals surface area contributed by atoms with E-state index in [1.54, 1.807) is 23.2 Å². The summed E-state index contributed by atoms with van der Waals surface area (Å²) in [4.78, 5) is 36.8. The molecular formula is C39H41ClF2N8O4. The standard InChI is InChI=1S/C32H29ClFN7O4.C7H12FN/c1-32(16-44-17-32)30-36-23(45-39-30)10-11-24(42)41-13-12-19(15-41)40(2)29-21-14-35-27(26(34)28(21)37-31(38-29)43-3)20-8-4-6-18-7-5-9-22(33)25(18)20;8-6-4-7-2-1-3-9(7)5-6/h4-11,14,19H,12-13,15-17H2,1-3H3;6-7H,1-5H2/b11-10+;. The Bertz CT molecular complexity index is 2210. The Morgan fingerprint density at radius 1 is 1.11 bits per heavy atom. The molecule has 4 aliphatic rings. The van der Waals surface area contributed by atoms with Crippen LogP contribution in [-0.2, 0) is 14.9 Å². The van der Waals surface area contributed by atoms with Crippen molar-refractivity contribution in [3.63, 3.8) is 0 Å². The SMILES string of the molecule is COc1nc(N(C)C2CCN(C(=O)/C=C/c3nc(C4(C)COC4)no3)C2)c2cnc(-c3cccc4cccc(Cl)c34)c(F)c2n1.FC1CC2CCCN2C1. The van der Waals surface area contributed by atoms with Crippen molar-refractivity contribution >= 4 is 51.1 Å². The zero-order valence-corrected chi connectivity index (χ0v) is 31.1. The van der Waals surface area contributed by atoms with Crippen LogP contribution in [0.25, 0.3) is 39.0 Å². The van der Waals surface area contributed by atoms with Crippen LogP contribution in [0.3, 0.4) is 0 Å². The van der Waals surface area contributed by atoms with E-state index in [2.05, 4.69) is 30.0 Å². The average Bonchev–Trinajstić information content (AvgIpc) is 3.99. The van der Waals surface area contributed by atoms with Crippen LogP contribution in [0.2, 0.25) is 5.02 Å². The molecular weight excluding hydrogens is 718 g/mol. The van der Waals surface area contributed by atoms with Gasteiger partial charge >= 0.3 is 6.01 Å². The molecule has 0 radical (unpaired) electrons. The molecule has 1 amide bonds. The molecule has 4 fully saturated rings. The van der Waals surface area contributed by atoms with Crippen molar-refractivity contribution in [3.05, 3.63) is 71.2 Å². The Morgan fingerprint density at radius 3 is 2.69 bits per heavy atom. The summed E-state index contributed by atoms with van der Waals surface area (Å²) < 4.78 is 44.8. The van der Waals surface area contributed by atoms with Crippen molar-refractivity contribution in [2.24, 2.45) is 0 Å². The molecule has 3 aromatic heterocycles. The van der Waals surface area contributed by atoms with Gasteiger partial charge in [-0.3, -0.25) is 14.7 Å². The monoisotopic (exact) mass is 758 g/mol. The van der Waals surface area contributed by atoms with Gasteiger partial charge in [0, 0.05) is 73.1 Å². The number of nitrogens with zero attached hydrogens (tertiary/aromatic N) is 8. The van der Waals surface area contributed by atoms with E-state index in [9.17, 15) is 9.18 Å². The smallest absolute Gasteiger partial charge is 0.318 e. The second-order valence-electron chi connectivity index (χ2n) is 14.7. The molecule has 282 valence electrons. The summed E-state index contributed by atoms with van der Waals surface area (Å²) in [7, 11) is 3.29. The first-order valence-corrected chi connectivity index (χ1v) is 18.6. The van der Waals surface area contributed by atoms with Crippen LogP contribution < -0.4 is 9.64 Å². The molecule has 3 unspecified atom stereocenters. The maximum atomic E-state index is 16.3. The average molecular weight is 759 g/mol. The lowest BCUT2D eigenvalue weighted by Crippen LogP contribution is -2.44. The van der Waals surface area contributed by atoms with Crippen molar-refractivity contribution in [1.82, 2.24) is 34.9 Å². The Kier molecular flexibility index (Phi) is 9.92. The number of carbonyl (C=O) groups excluding carboxylic acids is 1. The molecule has 0 saturated carbocycles. The van der Waals surface area contributed by atoms with E-state index in [-0.39, 0.29) is 40.5 Å². The predicted molar refractivity (Wildman–Crippen MR) is 201 cm³/mol. The lowest BCUT2D eigenvalue weighted by molar-refractivity contribution is -0.124. The number of benzene rings is 2. The minimum Gasteiger partial charge on any atom is -0.467 e. The normalized spacial score (nSPS) is 22.0. The van der Waals surface area contributed by atoms with Gasteiger partial charge in [-0.25, -0.2) is 8.78 Å². The van der Waals surface area contributed by atoms with Gasteiger partial charge in [-0.05, 0) is 50.6 Å². The van der Waals surface area contributed by atoms with E-state index < -0.39 is 12.0 Å². The number of likely N-dealkylation sites (N-methyl/N-ethyl adjacent to an activating group) is 1. The van der Waals surface area contributed by atoms with Gasteiger partial charge in [0.15, 0.2) is 11.6 Å². The van der Waals surface area contributed by atoms with Crippen LogP contribution in [0.5, 0.6) is 6.01 Å². The van der Waals surface area contributed by atoms with Crippen molar-refractivity contribution < 1.29 is 27.6 Å². The molecule has 3 atom stereocenters. The molecule has 54 heavy (non-hydrogen) atoms. The lowest BCUT2D eigenvalue weighted by Gasteiger charge is -2.34.